The Hall–Kier alpha value is -4.80. The minimum absolute atomic E-state index is 0.0780. The molecule has 1 N–H and O–H groups in total. The molecule has 0 saturated heterocycles. The minimum atomic E-state index is -1.01. The SMILES string of the molecule is C=C(OC(C)(C)C)N(C)c1cc(F)c(F)c2c1[nH]c1ncc(-c3cc(C)c4ncc(C(=O)OCC)c(=O)n4c3)c(C3CC3)c12. The van der Waals surface area contributed by atoms with Gasteiger partial charge < -0.3 is 19.4 Å². The molecule has 44 heavy (non-hydrogen) atoms. The first-order valence-corrected chi connectivity index (χ1v) is 14.4. The van der Waals surface area contributed by atoms with E-state index in [2.05, 4.69) is 21.5 Å². The minimum Gasteiger partial charge on any atom is -0.474 e. The summed E-state index contributed by atoms with van der Waals surface area (Å²) in [5.41, 5.74) is 3.02. The van der Waals surface area contributed by atoms with E-state index in [-0.39, 0.29) is 29.4 Å². The average Bonchev–Trinajstić information content (AvgIpc) is 3.72. The zero-order valence-electron chi connectivity index (χ0n) is 25.5. The van der Waals surface area contributed by atoms with Crippen LogP contribution >= 0.6 is 0 Å². The number of aromatic nitrogens is 4. The highest BCUT2D eigenvalue weighted by Gasteiger charge is 2.33. The standard InChI is InChI=1S/C33H33F2N5O4/c1-8-43-32(42)21-14-37-30-16(2)11-19(15-40(30)31(21)41)20-13-36-29-25(24(20)18-9-10-18)26-27(35)22(34)12-23(28(26)38-29)39(7)17(3)44-33(4,5)6/h11-15,18H,3,8-10H2,1-2,4-7H3,(H,36,38). The number of esters is 1. The van der Waals surface area contributed by atoms with E-state index < -0.39 is 28.8 Å². The molecule has 228 valence electrons. The van der Waals surface area contributed by atoms with Gasteiger partial charge in [0.05, 0.1) is 23.2 Å². The van der Waals surface area contributed by atoms with Gasteiger partial charge in [0.2, 0.25) is 0 Å². The van der Waals surface area contributed by atoms with Crippen molar-refractivity contribution in [1.29, 1.82) is 0 Å². The highest BCUT2D eigenvalue weighted by Crippen LogP contribution is 2.50. The molecule has 0 aliphatic heterocycles. The molecule has 9 nitrogen and oxygen atoms in total. The van der Waals surface area contributed by atoms with Crippen LogP contribution in [0.15, 0.2) is 48.0 Å². The number of hydrogen-bond acceptors (Lipinski definition) is 7. The molecule has 1 aromatic carbocycles. The van der Waals surface area contributed by atoms with Crippen LogP contribution in [0.2, 0.25) is 0 Å². The number of nitrogens with zero attached hydrogens (tertiary/aromatic N) is 4. The summed E-state index contributed by atoms with van der Waals surface area (Å²) >= 11 is 0. The van der Waals surface area contributed by atoms with Gasteiger partial charge in [-0.2, -0.15) is 0 Å². The van der Waals surface area contributed by atoms with E-state index in [1.165, 1.54) is 10.6 Å². The molecule has 4 heterocycles. The average molecular weight is 602 g/mol. The summed E-state index contributed by atoms with van der Waals surface area (Å²) in [6.45, 7) is 13.2. The van der Waals surface area contributed by atoms with Crippen LogP contribution in [0.5, 0.6) is 0 Å². The Labute approximate surface area is 252 Å². The fourth-order valence-corrected chi connectivity index (χ4v) is 5.66. The maximum atomic E-state index is 15.8. The third kappa shape index (κ3) is 4.86. The Morgan fingerprint density at radius 3 is 2.57 bits per heavy atom. The van der Waals surface area contributed by atoms with Crippen molar-refractivity contribution in [2.45, 2.75) is 59.0 Å². The lowest BCUT2D eigenvalue weighted by Crippen LogP contribution is -2.27. The third-order valence-corrected chi connectivity index (χ3v) is 7.75. The van der Waals surface area contributed by atoms with E-state index in [9.17, 15) is 9.59 Å². The molecule has 0 unspecified atom stereocenters. The van der Waals surface area contributed by atoms with Gasteiger partial charge >= 0.3 is 5.97 Å². The van der Waals surface area contributed by atoms with Crippen molar-refractivity contribution in [2.75, 3.05) is 18.6 Å². The molecular weight excluding hydrogens is 568 g/mol. The number of fused-ring (bicyclic) bond motifs is 4. The molecule has 5 aromatic rings. The van der Waals surface area contributed by atoms with Gasteiger partial charge in [-0.05, 0) is 77.2 Å². The smallest absolute Gasteiger partial charge is 0.345 e. The number of ether oxygens (including phenoxy) is 2. The molecule has 4 aromatic heterocycles. The van der Waals surface area contributed by atoms with Crippen LogP contribution in [0.25, 0.3) is 38.7 Å². The van der Waals surface area contributed by atoms with Gasteiger partial charge in [-0.1, -0.05) is 0 Å². The predicted octanol–water partition coefficient (Wildman–Crippen LogP) is 6.75. The van der Waals surface area contributed by atoms with Crippen molar-refractivity contribution < 1.29 is 23.0 Å². The summed E-state index contributed by atoms with van der Waals surface area (Å²) in [7, 11) is 1.68. The van der Waals surface area contributed by atoms with Crippen molar-refractivity contribution in [3.05, 3.63) is 81.9 Å². The number of halogens is 2. The second-order valence-electron chi connectivity index (χ2n) is 12.1. The van der Waals surface area contributed by atoms with Crippen molar-refractivity contribution in [3.63, 3.8) is 0 Å². The van der Waals surface area contributed by atoms with E-state index >= 15 is 8.78 Å². The van der Waals surface area contributed by atoms with Gasteiger partial charge in [0, 0.05) is 48.2 Å². The molecule has 0 bridgehead atoms. The fraction of sp³-hybridized carbons (Fsp3) is 0.333. The second kappa shape index (κ2) is 10.4. The fourth-order valence-electron chi connectivity index (χ4n) is 5.66. The summed E-state index contributed by atoms with van der Waals surface area (Å²) in [6, 6.07) is 2.99. The number of anilines is 1. The number of hydrogen-bond donors (Lipinski definition) is 1. The summed E-state index contributed by atoms with van der Waals surface area (Å²) in [5.74, 6) is -2.40. The summed E-state index contributed by atoms with van der Waals surface area (Å²) < 4.78 is 43.4. The Bertz CT molecular complexity index is 2070. The number of H-pyrrole nitrogens is 1. The normalized spacial score (nSPS) is 13.5. The second-order valence-corrected chi connectivity index (χ2v) is 12.1. The largest absolute Gasteiger partial charge is 0.474 e. The maximum Gasteiger partial charge on any atom is 0.345 e. The summed E-state index contributed by atoms with van der Waals surface area (Å²) in [4.78, 5) is 39.6. The Morgan fingerprint density at radius 1 is 1.18 bits per heavy atom. The van der Waals surface area contributed by atoms with Crippen molar-refractivity contribution >= 4 is 39.2 Å². The topological polar surface area (TPSA) is 102 Å². The van der Waals surface area contributed by atoms with Gasteiger partial charge in [-0.3, -0.25) is 9.20 Å². The van der Waals surface area contributed by atoms with E-state index in [1.807, 2.05) is 33.8 Å². The van der Waals surface area contributed by atoms with E-state index in [0.29, 0.717) is 44.6 Å². The van der Waals surface area contributed by atoms with Gasteiger partial charge in [-0.25, -0.2) is 23.5 Å². The van der Waals surface area contributed by atoms with E-state index in [4.69, 9.17) is 9.47 Å². The zero-order valence-corrected chi connectivity index (χ0v) is 25.5. The van der Waals surface area contributed by atoms with Crippen LogP contribution in [0.3, 0.4) is 0 Å². The first-order valence-electron chi connectivity index (χ1n) is 14.4. The first-order chi connectivity index (χ1) is 20.8. The Morgan fingerprint density at radius 2 is 1.91 bits per heavy atom. The van der Waals surface area contributed by atoms with Crippen LogP contribution in [0.1, 0.15) is 67.9 Å². The maximum absolute atomic E-state index is 15.8. The first kappa shape index (κ1) is 29.3. The quantitative estimate of drug-likeness (QED) is 0.163. The Balaban J connectivity index is 1.60. The van der Waals surface area contributed by atoms with Crippen LogP contribution in [-0.4, -0.2) is 44.6 Å². The third-order valence-electron chi connectivity index (χ3n) is 7.75. The Kier molecular flexibility index (Phi) is 6.94. The van der Waals surface area contributed by atoms with Crippen LogP contribution in [0.4, 0.5) is 14.5 Å². The molecule has 6 rings (SSSR count). The summed E-state index contributed by atoms with van der Waals surface area (Å²) in [6.07, 6.45) is 6.23. The molecule has 0 atom stereocenters. The number of carbonyl (C=O) groups is 1. The van der Waals surface area contributed by atoms with Crippen molar-refractivity contribution in [3.8, 4) is 11.1 Å². The molecule has 11 heteroatoms. The van der Waals surface area contributed by atoms with E-state index in [1.54, 1.807) is 31.3 Å². The number of pyridine rings is 2. The molecule has 0 amide bonds. The highest BCUT2D eigenvalue weighted by molar-refractivity contribution is 6.13. The molecule has 1 aliphatic carbocycles. The molecule has 1 saturated carbocycles. The number of rotatable bonds is 7. The number of aryl methyl sites for hydroxylation is 1. The zero-order chi connectivity index (χ0) is 31.7. The monoisotopic (exact) mass is 601 g/mol. The van der Waals surface area contributed by atoms with E-state index in [0.717, 1.165) is 24.5 Å². The van der Waals surface area contributed by atoms with Crippen LogP contribution in [-0.2, 0) is 9.47 Å². The number of nitrogens with one attached hydrogen (secondary N) is 1. The van der Waals surface area contributed by atoms with Crippen molar-refractivity contribution in [2.24, 2.45) is 0 Å². The lowest BCUT2D eigenvalue weighted by molar-refractivity contribution is 0.0500. The van der Waals surface area contributed by atoms with Crippen LogP contribution < -0.4 is 10.5 Å². The van der Waals surface area contributed by atoms with Gasteiger partial charge in [0.15, 0.2) is 17.5 Å². The molecule has 0 radical (unpaired) electrons. The van der Waals surface area contributed by atoms with Gasteiger partial charge in [0.1, 0.15) is 22.5 Å². The number of carbonyl (C=O) groups excluding carboxylic acids is 1. The van der Waals surface area contributed by atoms with Crippen molar-refractivity contribution in [1.82, 2.24) is 19.4 Å². The molecule has 1 fully saturated rings. The van der Waals surface area contributed by atoms with Crippen LogP contribution in [0, 0.1) is 18.6 Å². The van der Waals surface area contributed by atoms with Gasteiger partial charge in [0.25, 0.3) is 5.56 Å². The van der Waals surface area contributed by atoms with Gasteiger partial charge in [-0.15, -0.1) is 0 Å². The predicted molar refractivity (Wildman–Crippen MR) is 165 cm³/mol. The lowest BCUT2D eigenvalue weighted by Gasteiger charge is -2.29. The molecule has 1 aliphatic rings. The highest BCUT2D eigenvalue weighted by atomic mass is 19.2. The number of aromatic amines is 1. The lowest BCUT2D eigenvalue weighted by atomic mass is 9.94. The molecule has 0 spiro atoms. The molecular formula is C33H33F2N5O4. The number of benzene rings is 1. The summed E-state index contributed by atoms with van der Waals surface area (Å²) in [5, 5.41) is 0.570.